The Labute approximate surface area is 106 Å². The van der Waals surface area contributed by atoms with Crippen molar-refractivity contribution in [1.29, 1.82) is 0 Å². The van der Waals surface area contributed by atoms with E-state index in [2.05, 4.69) is 32.6 Å². The maximum absolute atomic E-state index is 10.2. The number of hydrogen-bond acceptors (Lipinski definition) is 3. The van der Waals surface area contributed by atoms with Gasteiger partial charge in [-0.05, 0) is 18.3 Å². The summed E-state index contributed by atoms with van der Waals surface area (Å²) in [7, 11) is 0. The minimum absolute atomic E-state index is 0.227. The van der Waals surface area contributed by atoms with E-state index in [9.17, 15) is 5.11 Å². The van der Waals surface area contributed by atoms with Crippen LogP contribution in [0, 0.1) is 17.8 Å². The van der Waals surface area contributed by atoms with E-state index in [0.29, 0.717) is 17.8 Å². The normalized spacial score (nSPS) is 22.9. The Balaban J connectivity index is 2.40. The minimum Gasteiger partial charge on any atom is -0.391 e. The molecule has 2 atom stereocenters. The monoisotopic (exact) mass is 243 g/mol. The molecule has 0 radical (unpaired) electrons. The maximum Gasteiger partial charge on any atom is 0.0718 e. The molecule has 17 heavy (non-hydrogen) atoms. The molecule has 0 aliphatic carbocycles. The second kappa shape index (κ2) is 7.34. The molecule has 1 N–H and O–H groups in total. The van der Waals surface area contributed by atoms with Crippen LogP contribution in [0.15, 0.2) is 0 Å². The Morgan fingerprint density at radius 2 is 1.71 bits per heavy atom. The molecule has 1 fully saturated rings. The lowest BCUT2D eigenvalue weighted by atomic mass is 10.0. The summed E-state index contributed by atoms with van der Waals surface area (Å²) in [5.74, 6) is 1.65. The third kappa shape index (κ3) is 5.84. The Hall–Kier alpha value is -0.120. The van der Waals surface area contributed by atoms with Crippen LogP contribution in [0.25, 0.3) is 0 Å². The van der Waals surface area contributed by atoms with E-state index >= 15 is 0 Å². The second-order valence-corrected chi connectivity index (χ2v) is 6.20. The molecule has 0 saturated carbocycles. The molecule has 102 valence electrons. The van der Waals surface area contributed by atoms with Crippen LogP contribution in [0.3, 0.4) is 0 Å². The van der Waals surface area contributed by atoms with Crippen molar-refractivity contribution in [2.45, 2.75) is 40.2 Å². The largest absolute Gasteiger partial charge is 0.391 e. The average Bonchev–Trinajstić information content (AvgIpc) is 2.67. The quantitative estimate of drug-likeness (QED) is 0.742. The number of rotatable bonds is 7. The van der Waals surface area contributed by atoms with Crippen LogP contribution in [0.4, 0.5) is 0 Å². The van der Waals surface area contributed by atoms with Gasteiger partial charge in [0, 0.05) is 32.2 Å². The van der Waals surface area contributed by atoms with E-state index in [1.165, 1.54) is 0 Å². The fourth-order valence-electron chi connectivity index (χ4n) is 2.53. The summed E-state index contributed by atoms with van der Waals surface area (Å²) in [4.78, 5) is 2.40. The summed E-state index contributed by atoms with van der Waals surface area (Å²) < 4.78 is 5.34. The topological polar surface area (TPSA) is 32.7 Å². The van der Waals surface area contributed by atoms with Gasteiger partial charge in [-0.15, -0.1) is 0 Å². The average molecular weight is 243 g/mol. The van der Waals surface area contributed by atoms with Gasteiger partial charge in [-0.3, -0.25) is 0 Å². The molecule has 1 aliphatic rings. The van der Waals surface area contributed by atoms with Crippen molar-refractivity contribution in [3.05, 3.63) is 0 Å². The number of ether oxygens (including phenoxy) is 1. The zero-order valence-electron chi connectivity index (χ0n) is 11.9. The minimum atomic E-state index is -0.227. The van der Waals surface area contributed by atoms with Crippen LogP contribution in [0.2, 0.25) is 0 Å². The van der Waals surface area contributed by atoms with Gasteiger partial charge in [0.15, 0.2) is 0 Å². The van der Waals surface area contributed by atoms with Crippen molar-refractivity contribution in [1.82, 2.24) is 4.90 Å². The van der Waals surface area contributed by atoms with E-state index in [0.717, 1.165) is 39.3 Å². The number of aliphatic hydroxyl groups is 1. The van der Waals surface area contributed by atoms with Gasteiger partial charge in [-0.2, -0.15) is 0 Å². The van der Waals surface area contributed by atoms with Gasteiger partial charge in [-0.1, -0.05) is 27.7 Å². The first kappa shape index (κ1) is 14.9. The molecule has 3 heteroatoms. The van der Waals surface area contributed by atoms with Gasteiger partial charge in [0.2, 0.25) is 0 Å². The van der Waals surface area contributed by atoms with Crippen LogP contribution >= 0.6 is 0 Å². The van der Waals surface area contributed by atoms with Crippen molar-refractivity contribution < 1.29 is 9.84 Å². The summed E-state index contributed by atoms with van der Waals surface area (Å²) in [6, 6.07) is 0. The molecule has 0 aromatic rings. The highest BCUT2D eigenvalue weighted by Gasteiger charge is 2.26. The predicted molar refractivity (Wildman–Crippen MR) is 71.0 cm³/mol. The SMILES string of the molecule is CC(C)CN(CC(C)C)CC(O)C1CCOC1. The highest BCUT2D eigenvalue weighted by atomic mass is 16.5. The lowest BCUT2D eigenvalue weighted by Gasteiger charge is -2.30. The van der Waals surface area contributed by atoms with Crippen molar-refractivity contribution in [3.63, 3.8) is 0 Å². The standard InChI is InChI=1S/C14H29NO2/c1-11(2)7-15(8-12(3)4)9-14(16)13-5-6-17-10-13/h11-14,16H,5-10H2,1-4H3. The van der Waals surface area contributed by atoms with Gasteiger partial charge in [0.25, 0.3) is 0 Å². The molecule has 0 aromatic carbocycles. The molecule has 3 nitrogen and oxygen atoms in total. The Morgan fingerprint density at radius 3 is 2.12 bits per heavy atom. The van der Waals surface area contributed by atoms with Gasteiger partial charge in [-0.25, -0.2) is 0 Å². The number of aliphatic hydroxyl groups excluding tert-OH is 1. The highest BCUT2D eigenvalue weighted by molar-refractivity contribution is 4.77. The molecule has 0 amide bonds. The Bertz CT molecular complexity index is 190. The van der Waals surface area contributed by atoms with Crippen molar-refractivity contribution in [2.75, 3.05) is 32.8 Å². The van der Waals surface area contributed by atoms with Crippen LogP contribution in [-0.2, 0) is 4.74 Å². The third-order valence-corrected chi connectivity index (χ3v) is 3.20. The van der Waals surface area contributed by atoms with Gasteiger partial charge in [0.1, 0.15) is 0 Å². The molecule has 0 bridgehead atoms. The van der Waals surface area contributed by atoms with E-state index in [1.54, 1.807) is 0 Å². The zero-order chi connectivity index (χ0) is 12.8. The van der Waals surface area contributed by atoms with Crippen molar-refractivity contribution in [3.8, 4) is 0 Å². The molecule has 0 spiro atoms. The fourth-order valence-corrected chi connectivity index (χ4v) is 2.53. The summed E-state index contributed by atoms with van der Waals surface area (Å²) >= 11 is 0. The smallest absolute Gasteiger partial charge is 0.0718 e. The lowest BCUT2D eigenvalue weighted by molar-refractivity contribution is 0.0486. The summed E-state index contributed by atoms with van der Waals surface area (Å²) in [5, 5.41) is 10.2. The van der Waals surface area contributed by atoms with E-state index in [1.807, 2.05) is 0 Å². The first-order chi connectivity index (χ1) is 7.99. The highest BCUT2D eigenvalue weighted by Crippen LogP contribution is 2.18. The van der Waals surface area contributed by atoms with E-state index in [4.69, 9.17) is 4.74 Å². The van der Waals surface area contributed by atoms with E-state index in [-0.39, 0.29) is 6.10 Å². The Kier molecular flexibility index (Phi) is 6.45. The number of nitrogens with zero attached hydrogens (tertiary/aromatic N) is 1. The summed E-state index contributed by atoms with van der Waals surface area (Å²) in [6.45, 7) is 13.4. The van der Waals surface area contributed by atoms with Gasteiger partial charge in [0.05, 0.1) is 12.7 Å². The first-order valence-corrected chi connectivity index (χ1v) is 6.97. The molecular formula is C14H29NO2. The molecule has 0 aromatic heterocycles. The van der Waals surface area contributed by atoms with Crippen LogP contribution < -0.4 is 0 Å². The molecule has 1 saturated heterocycles. The molecule has 1 heterocycles. The zero-order valence-corrected chi connectivity index (χ0v) is 11.9. The van der Waals surface area contributed by atoms with Crippen LogP contribution in [-0.4, -0.2) is 49.0 Å². The summed E-state index contributed by atoms with van der Waals surface area (Å²) in [6.07, 6.45) is 0.785. The molecule has 1 aliphatic heterocycles. The van der Waals surface area contributed by atoms with Gasteiger partial charge < -0.3 is 14.7 Å². The van der Waals surface area contributed by atoms with Crippen molar-refractivity contribution in [2.24, 2.45) is 17.8 Å². The van der Waals surface area contributed by atoms with Crippen LogP contribution in [0.1, 0.15) is 34.1 Å². The maximum atomic E-state index is 10.2. The Morgan fingerprint density at radius 1 is 1.12 bits per heavy atom. The van der Waals surface area contributed by atoms with Crippen LogP contribution in [0.5, 0.6) is 0 Å². The predicted octanol–water partition coefficient (Wildman–Crippen LogP) is 2.00. The first-order valence-electron chi connectivity index (χ1n) is 6.97. The molecule has 2 unspecified atom stereocenters. The third-order valence-electron chi connectivity index (χ3n) is 3.20. The second-order valence-electron chi connectivity index (χ2n) is 6.20. The number of hydrogen-bond donors (Lipinski definition) is 1. The lowest BCUT2D eigenvalue weighted by Crippen LogP contribution is -2.40. The molecule has 1 rings (SSSR count). The van der Waals surface area contributed by atoms with E-state index < -0.39 is 0 Å². The summed E-state index contributed by atoms with van der Waals surface area (Å²) in [5.41, 5.74) is 0. The molecular weight excluding hydrogens is 214 g/mol. The fraction of sp³-hybridized carbons (Fsp3) is 1.00. The van der Waals surface area contributed by atoms with Gasteiger partial charge >= 0.3 is 0 Å². The van der Waals surface area contributed by atoms with Crippen molar-refractivity contribution >= 4 is 0 Å².